The van der Waals surface area contributed by atoms with Crippen molar-refractivity contribution in [2.24, 2.45) is 0 Å². The molecule has 35 heavy (non-hydrogen) atoms. The lowest BCUT2D eigenvalue weighted by Gasteiger charge is -2.41. The first kappa shape index (κ1) is 28.5. The molecule has 2 rings (SSSR count). The van der Waals surface area contributed by atoms with Gasteiger partial charge in [-0.3, -0.25) is 9.47 Å². The van der Waals surface area contributed by atoms with Crippen molar-refractivity contribution in [1.29, 1.82) is 0 Å². The quantitative estimate of drug-likeness (QED) is 0.0959. The number of rotatable bonds is 10. The number of hydrogen-bond donors (Lipinski definition) is 9. The van der Waals surface area contributed by atoms with E-state index >= 15 is 0 Å². The summed E-state index contributed by atoms with van der Waals surface area (Å²) in [5.41, 5.74) is 0. The third-order valence-corrected chi connectivity index (χ3v) is 4.29. The Morgan fingerprint density at radius 1 is 0.743 bits per heavy atom. The Morgan fingerprint density at radius 3 is 1.80 bits per heavy atom. The summed E-state index contributed by atoms with van der Waals surface area (Å²) < 4.78 is 32.5. The third kappa shape index (κ3) is 7.12. The maximum atomic E-state index is 11.6. The lowest BCUT2D eigenvalue weighted by Crippen LogP contribution is -2.60. The van der Waals surface area contributed by atoms with Crippen molar-refractivity contribution in [1.82, 2.24) is 0 Å². The molecule has 20 nitrogen and oxygen atoms in total. The fourth-order valence-corrected chi connectivity index (χ4v) is 2.68. The van der Waals surface area contributed by atoms with Crippen LogP contribution in [0.15, 0.2) is 0 Å². The number of aliphatic carboxylic acids is 3. The SMILES string of the molecule is O=C(O)OC(O)[C@H](O[C@H]1OC(O)[C@H](O[C@H]2OC(O)[C@H](O)C(C(=O)O)O2)C(C(=O)O)O1)[C@@H](O)C(=O)O. The van der Waals surface area contributed by atoms with E-state index < -0.39 is 92.5 Å². The molecule has 0 bridgehead atoms. The predicted molar refractivity (Wildman–Crippen MR) is 91.3 cm³/mol. The molecule has 5 unspecified atom stereocenters. The van der Waals surface area contributed by atoms with Gasteiger partial charge in [0.25, 0.3) is 13.0 Å². The Bertz CT molecular complexity index is 786. The smallest absolute Gasteiger partial charge is 0.479 e. The van der Waals surface area contributed by atoms with Crippen molar-refractivity contribution in [2.75, 3.05) is 0 Å². The molecule has 0 spiro atoms. The van der Waals surface area contributed by atoms with E-state index in [0.29, 0.717) is 0 Å². The minimum Gasteiger partial charge on any atom is -0.479 e. The van der Waals surface area contributed by atoms with Gasteiger partial charge in [-0.05, 0) is 0 Å². The molecule has 2 heterocycles. The van der Waals surface area contributed by atoms with Crippen LogP contribution in [-0.4, -0.2) is 138 Å². The molecule has 0 aliphatic carbocycles. The lowest BCUT2D eigenvalue weighted by atomic mass is 10.1. The van der Waals surface area contributed by atoms with Gasteiger partial charge < -0.3 is 69.6 Å². The van der Waals surface area contributed by atoms with Gasteiger partial charge in [-0.1, -0.05) is 0 Å². The van der Waals surface area contributed by atoms with E-state index in [4.69, 9.17) is 39.0 Å². The van der Waals surface area contributed by atoms with Crippen molar-refractivity contribution in [3.05, 3.63) is 0 Å². The van der Waals surface area contributed by atoms with E-state index in [1.54, 1.807) is 0 Å². The first-order chi connectivity index (χ1) is 16.2. The van der Waals surface area contributed by atoms with Crippen molar-refractivity contribution < 1.29 is 98.3 Å². The van der Waals surface area contributed by atoms with Crippen molar-refractivity contribution in [2.45, 2.75) is 68.4 Å². The fourth-order valence-electron chi connectivity index (χ4n) is 2.68. The van der Waals surface area contributed by atoms with Crippen LogP contribution in [0.5, 0.6) is 0 Å². The van der Waals surface area contributed by atoms with Crippen molar-refractivity contribution in [3.63, 3.8) is 0 Å². The summed E-state index contributed by atoms with van der Waals surface area (Å²) in [6.07, 6.45) is -23.0. The monoisotopic (exact) mass is 520 g/mol. The number of hydrogen-bond acceptors (Lipinski definition) is 16. The Morgan fingerprint density at radius 2 is 1.29 bits per heavy atom. The maximum Gasteiger partial charge on any atom is 0.508 e. The highest BCUT2D eigenvalue weighted by molar-refractivity contribution is 5.74. The average molecular weight is 520 g/mol. The summed E-state index contributed by atoms with van der Waals surface area (Å²) in [7, 11) is 0. The minimum atomic E-state index is -2.67. The van der Waals surface area contributed by atoms with Gasteiger partial charge in [-0.2, -0.15) is 0 Å². The first-order valence-corrected chi connectivity index (χ1v) is 9.14. The highest BCUT2D eigenvalue weighted by Crippen LogP contribution is 2.28. The lowest BCUT2D eigenvalue weighted by molar-refractivity contribution is -0.461. The summed E-state index contributed by atoms with van der Waals surface area (Å²) in [6.45, 7) is -4.57. The molecule has 0 aromatic heterocycles. The van der Waals surface area contributed by atoms with Gasteiger partial charge in [0.15, 0.2) is 43.1 Å². The summed E-state index contributed by atoms with van der Waals surface area (Å²) in [4.78, 5) is 44.3. The molecular formula is C15H20O20. The Hall–Kier alpha value is -2.76. The molecule has 0 saturated carbocycles. The van der Waals surface area contributed by atoms with Crippen LogP contribution in [0.3, 0.4) is 0 Å². The van der Waals surface area contributed by atoms with Gasteiger partial charge in [-0.15, -0.1) is 0 Å². The number of carbonyl (C=O) groups is 4. The highest BCUT2D eigenvalue weighted by atomic mass is 16.9. The van der Waals surface area contributed by atoms with E-state index in [1.165, 1.54) is 0 Å². The summed E-state index contributed by atoms with van der Waals surface area (Å²) >= 11 is 0. The van der Waals surface area contributed by atoms with Crippen LogP contribution in [0.4, 0.5) is 4.79 Å². The van der Waals surface area contributed by atoms with E-state index in [9.17, 15) is 49.8 Å². The molecule has 2 saturated heterocycles. The van der Waals surface area contributed by atoms with Crippen molar-refractivity contribution in [3.8, 4) is 0 Å². The summed E-state index contributed by atoms with van der Waals surface area (Å²) in [6, 6.07) is 0. The Labute approximate surface area is 191 Å². The molecule has 2 aliphatic heterocycles. The van der Waals surface area contributed by atoms with E-state index in [-0.39, 0.29) is 0 Å². The van der Waals surface area contributed by atoms with Gasteiger partial charge in [0.2, 0.25) is 6.29 Å². The van der Waals surface area contributed by atoms with E-state index in [1.807, 2.05) is 0 Å². The van der Waals surface area contributed by atoms with Crippen LogP contribution in [-0.2, 0) is 47.5 Å². The highest BCUT2D eigenvalue weighted by Gasteiger charge is 2.50. The van der Waals surface area contributed by atoms with Gasteiger partial charge in [-0.25, -0.2) is 19.2 Å². The molecule has 0 aromatic carbocycles. The molecule has 9 N–H and O–H groups in total. The second-order valence-electron chi connectivity index (χ2n) is 6.67. The molecule has 2 fully saturated rings. The number of carboxylic acid groups (broad SMARTS) is 4. The number of aliphatic hydroxyl groups is 5. The van der Waals surface area contributed by atoms with Crippen LogP contribution in [0.1, 0.15) is 0 Å². The average Bonchev–Trinajstić information content (AvgIpc) is 2.74. The zero-order chi connectivity index (χ0) is 26.6. The molecule has 2 aliphatic rings. The second kappa shape index (κ2) is 11.8. The Balaban J connectivity index is 2.16. The van der Waals surface area contributed by atoms with E-state index in [2.05, 4.69) is 9.47 Å². The Kier molecular flexibility index (Phi) is 9.59. The minimum absolute atomic E-state index is 1.77. The van der Waals surface area contributed by atoms with Crippen LogP contribution < -0.4 is 0 Å². The summed E-state index contributed by atoms with van der Waals surface area (Å²) in [5.74, 6) is -5.70. The number of aliphatic hydroxyl groups excluding tert-OH is 5. The largest absolute Gasteiger partial charge is 0.508 e. The molecule has 200 valence electrons. The zero-order valence-corrected chi connectivity index (χ0v) is 16.9. The van der Waals surface area contributed by atoms with Crippen LogP contribution in [0.25, 0.3) is 0 Å². The van der Waals surface area contributed by atoms with Crippen LogP contribution in [0, 0.1) is 0 Å². The molecule has 11 atom stereocenters. The predicted octanol–water partition coefficient (Wildman–Crippen LogP) is -5.22. The first-order valence-electron chi connectivity index (χ1n) is 9.14. The third-order valence-electron chi connectivity index (χ3n) is 4.29. The van der Waals surface area contributed by atoms with Gasteiger partial charge >= 0.3 is 24.1 Å². The molecule has 20 heteroatoms. The fraction of sp³-hybridized carbons (Fsp3) is 0.733. The van der Waals surface area contributed by atoms with Crippen LogP contribution in [0.2, 0.25) is 0 Å². The molecule has 0 radical (unpaired) electrons. The van der Waals surface area contributed by atoms with Crippen LogP contribution >= 0.6 is 0 Å². The molecular weight excluding hydrogens is 500 g/mol. The van der Waals surface area contributed by atoms with Gasteiger partial charge in [0.1, 0.15) is 6.10 Å². The topological polar surface area (TPSA) is 315 Å². The van der Waals surface area contributed by atoms with Gasteiger partial charge in [0.05, 0.1) is 0 Å². The van der Waals surface area contributed by atoms with E-state index in [0.717, 1.165) is 0 Å². The molecule has 0 amide bonds. The van der Waals surface area contributed by atoms with Gasteiger partial charge in [0, 0.05) is 0 Å². The maximum absolute atomic E-state index is 11.6. The summed E-state index contributed by atoms with van der Waals surface area (Å²) in [5, 5.41) is 84.4. The normalized spacial score (nSPS) is 35.9. The number of ether oxygens (including phenoxy) is 7. The molecule has 0 aromatic rings. The zero-order valence-electron chi connectivity index (χ0n) is 16.9. The van der Waals surface area contributed by atoms with Crippen molar-refractivity contribution >= 4 is 24.1 Å². The second-order valence-corrected chi connectivity index (χ2v) is 6.67. The number of carboxylic acids is 3. The standard InChI is InChI=1S/C15H20O20/c16-1(7(18)19)4(11(25)33-13(27)28)30-15-31-5(9(22)23)6(12(26)35-15)32-14-29-3(8(20)21)2(17)10(24)34-14/h1-6,10-12,14-17,24-26H,(H,18,19)(H,20,21)(H,22,23)(H,27,28)/t1-,2-,3?,4-,5?,6-,10?,11?,12?,14+,15-/m1/s1.